The fourth-order valence-corrected chi connectivity index (χ4v) is 4.41. The summed E-state index contributed by atoms with van der Waals surface area (Å²) < 4.78 is 10.2. The Kier molecular flexibility index (Phi) is 15.6. The lowest BCUT2D eigenvalue weighted by atomic mass is 9.86. The van der Waals surface area contributed by atoms with Crippen LogP contribution in [0.25, 0.3) is 0 Å². The first-order chi connectivity index (χ1) is 18.0. The summed E-state index contributed by atoms with van der Waals surface area (Å²) in [6.07, 6.45) is 9.03. The number of nitrogens with one attached hydrogen (secondary N) is 1. The highest BCUT2D eigenvalue weighted by atomic mass is 16.6. The van der Waals surface area contributed by atoms with E-state index in [1.165, 1.54) is 52.4 Å². The molecule has 1 unspecified atom stereocenters. The van der Waals surface area contributed by atoms with Crippen LogP contribution in [0.15, 0.2) is 0 Å². The van der Waals surface area contributed by atoms with E-state index in [1.54, 1.807) is 18.7 Å². The van der Waals surface area contributed by atoms with E-state index in [1.807, 2.05) is 4.90 Å². The van der Waals surface area contributed by atoms with Crippen molar-refractivity contribution in [3.63, 3.8) is 0 Å². The Bertz CT molecular complexity index is 776. The van der Waals surface area contributed by atoms with E-state index >= 15 is 0 Å². The average Bonchev–Trinajstić information content (AvgIpc) is 2.87. The molecule has 0 aromatic heterocycles. The first kappa shape index (κ1) is 33.4. The summed E-state index contributed by atoms with van der Waals surface area (Å²) in [5.41, 5.74) is -0.955. The van der Waals surface area contributed by atoms with Crippen molar-refractivity contribution in [2.75, 3.05) is 39.3 Å². The van der Waals surface area contributed by atoms with Crippen LogP contribution in [-0.4, -0.2) is 84.9 Å². The Labute approximate surface area is 228 Å². The van der Waals surface area contributed by atoms with Gasteiger partial charge in [0.1, 0.15) is 6.61 Å². The molecule has 38 heavy (non-hydrogen) atoms. The zero-order valence-corrected chi connectivity index (χ0v) is 24.1. The molecule has 0 aromatic carbocycles. The predicted molar refractivity (Wildman–Crippen MR) is 144 cm³/mol. The number of hydrogen-bond donors (Lipinski definition) is 1. The number of ether oxygens (including phenoxy) is 2. The Hall–Kier alpha value is -2.65. The highest BCUT2D eigenvalue weighted by molar-refractivity contribution is 5.85. The first-order valence-electron chi connectivity index (χ1n) is 14.1. The van der Waals surface area contributed by atoms with Crippen molar-refractivity contribution in [2.24, 2.45) is 5.41 Å². The topological polar surface area (TPSA) is 122 Å². The molecule has 0 spiro atoms. The quantitative estimate of drug-likeness (QED) is 0.222. The van der Waals surface area contributed by atoms with Gasteiger partial charge in [0.25, 0.3) is 5.91 Å². The van der Waals surface area contributed by atoms with E-state index in [4.69, 9.17) is 9.47 Å². The maximum absolute atomic E-state index is 12.7. The molecule has 0 aromatic rings. The molecule has 0 radical (unpaired) electrons. The highest BCUT2D eigenvalue weighted by Gasteiger charge is 2.39. The van der Waals surface area contributed by atoms with E-state index in [0.717, 1.165) is 12.8 Å². The van der Waals surface area contributed by atoms with Crippen molar-refractivity contribution in [2.45, 2.75) is 105 Å². The number of carbonyl (C=O) groups excluding carboxylic acids is 5. The van der Waals surface area contributed by atoms with Gasteiger partial charge in [-0.2, -0.15) is 0 Å². The Balaban J connectivity index is 2.35. The van der Waals surface area contributed by atoms with Gasteiger partial charge in [0.2, 0.25) is 11.8 Å². The van der Waals surface area contributed by atoms with Crippen molar-refractivity contribution < 1.29 is 33.4 Å². The number of amides is 3. The van der Waals surface area contributed by atoms with Crippen molar-refractivity contribution in [1.82, 2.24) is 15.1 Å². The Morgan fingerprint density at radius 3 is 1.76 bits per heavy atom. The summed E-state index contributed by atoms with van der Waals surface area (Å²) in [5.74, 6) is -1.64. The zero-order chi connectivity index (χ0) is 28.6. The largest absolute Gasteiger partial charge is 0.465 e. The number of unbranched alkanes of at least 4 members (excludes halogenated alkanes) is 7. The van der Waals surface area contributed by atoms with Crippen molar-refractivity contribution >= 4 is 29.7 Å². The second kappa shape index (κ2) is 17.8. The van der Waals surface area contributed by atoms with Crippen LogP contribution in [0.4, 0.5) is 0 Å². The van der Waals surface area contributed by atoms with Gasteiger partial charge >= 0.3 is 11.9 Å². The van der Waals surface area contributed by atoms with Crippen molar-refractivity contribution in [3.8, 4) is 0 Å². The fraction of sp³-hybridized carbons (Fsp3) is 0.821. The molecule has 1 N–H and O–H groups in total. The normalized spacial score (nSPS) is 14.6. The minimum absolute atomic E-state index is 0.0800. The SMILES string of the molecule is CCCCCCCCCCC(=O)N1CCN(C(=O)CCNC(=O)C(OC(C)=O)C(C)(C)COC(C)=O)CC1. The van der Waals surface area contributed by atoms with Gasteiger partial charge in [-0.15, -0.1) is 0 Å². The summed E-state index contributed by atoms with van der Waals surface area (Å²) in [6, 6.07) is 0. The fourth-order valence-electron chi connectivity index (χ4n) is 4.41. The van der Waals surface area contributed by atoms with Gasteiger partial charge in [0.15, 0.2) is 6.10 Å². The minimum Gasteiger partial charge on any atom is -0.465 e. The third-order valence-electron chi connectivity index (χ3n) is 6.75. The van der Waals surface area contributed by atoms with Crippen LogP contribution in [0.3, 0.4) is 0 Å². The monoisotopic (exact) mass is 539 g/mol. The second-order valence-corrected chi connectivity index (χ2v) is 10.8. The van der Waals surface area contributed by atoms with Crippen molar-refractivity contribution in [1.29, 1.82) is 0 Å². The molecular formula is C28H49N3O7. The number of piperazine rings is 1. The molecule has 0 aliphatic carbocycles. The van der Waals surface area contributed by atoms with Gasteiger partial charge in [-0.25, -0.2) is 0 Å². The molecule has 10 heteroatoms. The molecule has 3 amide bonds. The molecule has 0 bridgehead atoms. The number of rotatable bonds is 17. The minimum atomic E-state index is -1.18. The lowest BCUT2D eigenvalue weighted by Gasteiger charge is -2.35. The predicted octanol–water partition coefficient (Wildman–Crippen LogP) is 3.22. The van der Waals surface area contributed by atoms with E-state index in [0.29, 0.717) is 32.6 Å². The van der Waals surface area contributed by atoms with Gasteiger partial charge < -0.3 is 24.6 Å². The number of hydrogen-bond acceptors (Lipinski definition) is 7. The van der Waals surface area contributed by atoms with Crippen molar-refractivity contribution in [3.05, 3.63) is 0 Å². The summed E-state index contributed by atoms with van der Waals surface area (Å²) in [4.78, 5) is 64.1. The first-order valence-corrected chi connectivity index (χ1v) is 14.1. The molecule has 218 valence electrons. The van der Waals surface area contributed by atoms with E-state index in [-0.39, 0.29) is 31.4 Å². The molecule has 10 nitrogen and oxygen atoms in total. The Morgan fingerprint density at radius 1 is 0.763 bits per heavy atom. The summed E-state index contributed by atoms with van der Waals surface area (Å²) in [5, 5.41) is 2.66. The van der Waals surface area contributed by atoms with Crippen LogP contribution >= 0.6 is 0 Å². The lowest BCUT2D eigenvalue weighted by molar-refractivity contribution is -0.166. The van der Waals surface area contributed by atoms with Crippen LogP contribution in [0.1, 0.15) is 98.8 Å². The summed E-state index contributed by atoms with van der Waals surface area (Å²) in [7, 11) is 0. The maximum Gasteiger partial charge on any atom is 0.303 e. The molecule has 0 saturated carbocycles. The van der Waals surface area contributed by atoms with Gasteiger partial charge in [-0.05, 0) is 6.42 Å². The van der Waals surface area contributed by atoms with Crippen LogP contribution < -0.4 is 5.32 Å². The summed E-state index contributed by atoms with van der Waals surface area (Å²) >= 11 is 0. The molecule has 1 heterocycles. The number of nitrogens with zero attached hydrogens (tertiary/aromatic N) is 2. The molecule has 1 saturated heterocycles. The smallest absolute Gasteiger partial charge is 0.303 e. The highest BCUT2D eigenvalue weighted by Crippen LogP contribution is 2.25. The van der Waals surface area contributed by atoms with Crippen LogP contribution in [0.2, 0.25) is 0 Å². The zero-order valence-electron chi connectivity index (χ0n) is 24.1. The average molecular weight is 540 g/mol. The van der Waals surface area contributed by atoms with E-state index in [9.17, 15) is 24.0 Å². The van der Waals surface area contributed by atoms with Gasteiger partial charge in [0.05, 0.1) is 0 Å². The third kappa shape index (κ3) is 13.2. The van der Waals surface area contributed by atoms with Crippen LogP contribution in [-0.2, 0) is 33.4 Å². The number of carbonyl (C=O) groups is 5. The molecule has 1 atom stereocenters. The van der Waals surface area contributed by atoms with Crippen LogP contribution in [0.5, 0.6) is 0 Å². The van der Waals surface area contributed by atoms with Gasteiger partial charge in [0, 0.05) is 64.8 Å². The third-order valence-corrected chi connectivity index (χ3v) is 6.75. The van der Waals surface area contributed by atoms with Gasteiger partial charge in [-0.1, -0.05) is 65.7 Å². The van der Waals surface area contributed by atoms with E-state index < -0.39 is 29.4 Å². The maximum atomic E-state index is 12.7. The molecule has 1 aliphatic heterocycles. The lowest BCUT2D eigenvalue weighted by Crippen LogP contribution is -2.51. The summed E-state index contributed by atoms with van der Waals surface area (Å²) in [6.45, 7) is 9.95. The number of esters is 2. The molecular weight excluding hydrogens is 490 g/mol. The van der Waals surface area contributed by atoms with E-state index in [2.05, 4.69) is 12.2 Å². The second-order valence-electron chi connectivity index (χ2n) is 10.8. The Morgan fingerprint density at radius 2 is 1.26 bits per heavy atom. The molecule has 1 aliphatic rings. The standard InChI is InChI=1S/C28H49N3O7/c1-6-7-8-9-10-11-12-13-14-24(34)30-17-19-31(20-18-30)25(35)15-16-29-27(36)26(38-23(3)33)28(4,5)21-37-22(2)32/h26H,6-21H2,1-5H3,(H,29,36). The van der Waals surface area contributed by atoms with Crippen LogP contribution in [0, 0.1) is 5.41 Å². The van der Waals surface area contributed by atoms with Gasteiger partial charge in [-0.3, -0.25) is 24.0 Å². The molecule has 1 rings (SSSR count). The molecule has 1 fully saturated rings.